The third kappa shape index (κ3) is 4.36. The summed E-state index contributed by atoms with van der Waals surface area (Å²) in [4.78, 5) is 12.0. The topological polar surface area (TPSA) is 54.9 Å². The number of hydrogen-bond acceptors (Lipinski definition) is 6. The first-order valence-electron chi connectivity index (χ1n) is 6.88. The molecule has 3 rings (SSSR count). The van der Waals surface area contributed by atoms with Gasteiger partial charge in [0.2, 0.25) is 5.13 Å². The summed E-state index contributed by atoms with van der Waals surface area (Å²) in [6, 6.07) is 11.6. The summed E-state index contributed by atoms with van der Waals surface area (Å²) in [5.74, 6) is -0.838. The second kappa shape index (κ2) is 7.50. The molecule has 1 aromatic heterocycles. The molecular weight excluding hydrogens is 352 g/mol. The maximum atomic E-state index is 13.1. The molecule has 0 unspecified atom stereocenters. The summed E-state index contributed by atoms with van der Waals surface area (Å²) in [5, 5.41) is 11.4. The number of nitrogens with one attached hydrogen (secondary N) is 1. The second-order valence-electron chi connectivity index (χ2n) is 4.73. The molecule has 0 amide bonds. The van der Waals surface area contributed by atoms with Crippen LogP contribution in [0.2, 0.25) is 0 Å². The van der Waals surface area contributed by atoms with Crippen molar-refractivity contribution >= 4 is 39.7 Å². The van der Waals surface area contributed by atoms with Crippen LogP contribution in [-0.2, 0) is 0 Å². The number of nitrogens with zero attached hydrogens (tertiary/aromatic N) is 2. The Labute approximate surface area is 144 Å². The largest absolute Gasteiger partial charge is 0.330 e. The van der Waals surface area contributed by atoms with Crippen molar-refractivity contribution in [1.82, 2.24) is 10.2 Å². The van der Waals surface area contributed by atoms with Crippen LogP contribution >= 0.6 is 23.1 Å². The fourth-order valence-corrected chi connectivity index (χ4v) is 3.55. The van der Waals surface area contributed by atoms with Crippen LogP contribution in [0.1, 0.15) is 10.4 Å². The van der Waals surface area contributed by atoms with Gasteiger partial charge in [-0.3, -0.25) is 4.79 Å². The van der Waals surface area contributed by atoms with Gasteiger partial charge in [0, 0.05) is 11.3 Å². The molecule has 0 saturated heterocycles. The van der Waals surface area contributed by atoms with Gasteiger partial charge in [0.1, 0.15) is 11.6 Å². The number of halogens is 2. The van der Waals surface area contributed by atoms with Crippen molar-refractivity contribution in [2.24, 2.45) is 0 Å². The number of Topliss-reactive ketones (excluding diaryl/α,β-unsaturated/α-hetero) is 1. The second-order valence-corrected chi connectivity index (χ2v) is 6.93. The zero-order chi connectivity index (χ0) is 16.9. The van der Waals surface area contributed by atoms with E-state index in [-0.39, 0.29) is 17.4 Å². The number of ketones is 1. The van der Waals surface area contributed by atoms with Crippen LogP contribution in [-0.4, -0.2) is 21.7 Å². The molecule has 24 heavy (non-hydrogen) atoms. The average molecular weight is 363 g/mol. The highest BCUT2D eigenvalue weighted by Crippen LogP contribution is 2.28. The number of carbonyl (C=O) groups excluding carboxylic acids is 1. The van der Waals surface area contributed by atoms with Crippen LogP contribution in [0.15, 0.2) is 52.9 Å². The van der Waals surface area contributed by atoms with Crippen molar-refractivity contribution < 1.29 is 13.6 Å². The molecule has 0 bridgehead atoms. The van der Waals surface area contributed by atoms with Crippen molar-refractivity contribution in [2.75, 3.05) is 11.1 Å². The maximum absolute atomic E-state index is 13.1. The molecule has 4 nitrogen and oxygen atoms in total. The minimum absolute atomic E-state index is 0.137. The lowest BCUT2D eigenvalue weighted by molar-refractivity contribution is 0.102. The molecule has 1 N–H and O–H groups in total. The molecule has 1 heterocycles. The number of aromatic nitrogens is 2. The van der Waals surface area contributed by atoms with Crippen molar-refractivity contribution in [1.29, 1.82) is 0 Å². The van der Waals surface area contributed by atoms with E-state index < -0.39 is 5.82 Å². The van der Waals surface area contributed by atoms with Crippen molar-refractivity contribution in [3.63, 3.8) is 0 Å². The molecule has 0 aliphatic heterocycles. The fraction of sp³-hybridized carbons (Fsp3) is 0.0625. The highest BCUT2D eigenvalue weighted by Gasteiger charge is 2.11. The SMILES string of the molecule is O=C(CSc1nnc(Nc2cccc(F)c2)s1)c1cccc(F)c1. The number of hydrogen-bond donors (Lipinski definition) is 1. The van der Waals surface area contributed by atoms with Gasteiger partial charge in [-0.15, -0.1) is 10.2 Å². The summed E-state index contributed by atoms with van der Waals surface area (Å²) in [7, 11) is 0. The number of benzene rings is 2. The average Bonchev–Trinajstić information content (AvgIpc) is 3.00. The first-order valence-corrected chi connectivity index (χ1v) is 8.68. The van der Waals surface area contributed by atoms with Gasteiger partial charge in [0.15, 0.2) is 10.1 Å². The van der Waals surface area contributed by atoms with E-state index in [9.17, 15) is 13.6 Å². The predicted molar refractivity (Wildman–Crippen MR) is 91.0 cm³/mol. The highest BCUT2D eigenvalue weighted by molar-refractivity contribution is 8.01. The van der Waals surface area contributed by atoms with Crippen molar-refractivity contribution in [2.45, 2.75) is 4.34 Å². The molecule has 3 aromatic rings. The van der Waals surface area contributed by atoms with Gasteiger partial charge in [0.25, 0.3) is 0 Å². The van der Waals surface area contributed by atoms with Crippen LogP contribution < -0.4 is 5.32 Å². The van der Waals surface area contributed by atoms with Crippen molar-refractivity contribution in [3.8, 4) is 0 Å². The lowest BCUT2D eigenvalue weighted by Gasteiger charge is -2.00. The smallest absolute Gasteiger partial charge is 0.210 e. The molecule has 0 saturated carbocycles. The number of rotatable bonds is 6. The Morgan fingerprint density at radius 2 is 1.83 bits per heavy atom. The van der Waals surface area contributed by atoms with E-state index in [1.807, 2.05) is 0 Å². The van der Waals surface area contributed by atoms with Gasteiger partial charge in [-0.05, 0) is 30.3 Å². The Bertz CT molecular complexity index is 870. The Balaban J connectivity index is 1.59. The summed E-state index contributed by atoms with van der Waals surface area (Å²) in [5.41, 5.74) is 0.892. The summed E-state index contributed by atoms with van der Waals surface area (Å²) < 4.78 is 26.8. The quantitative estimate of drug-likeness (QED) is 0.515. The number of anilines is 2. The first kappa shape index (κ1) is 16.5. The Morgan fingerprint density at radius 1 is 1.08 bits per heavy atom. The van der Waals surface area contributed by atoms with Crippen LogP contribution in [0.25, 0.3) is 0 Å². The van der Waals surface area contributed by atoms with E-state index in [1.165, 1.54) is 53.4 Å². The Morgan fingerprint density at radius 3 is 2.58 bits per heavy atom. The molecule has 0 aliphatic carbocycles. The molecule has 2 aromatic carbocycles. The van der Waals surface area contributed by atoms with Crippen LogP contribution in [0.5, 0.6) is 0 Å². The third-order valence-electron chi connectivity index (χ3n) is 2.96. The van der Waals surface area contributed by atoms with Gasteiger partial charge in [0.05, 0.1) is 5.75 Å². The van der Waals surface area contributed by atoms with Crippen LogP contribution in [0.3, 0.4) is 0 Å². The summed E-state index contributed by atoms with van der Waals surface area (Å²) >= 11 is 2.48. The molecule has 122 valence electrons. The van der Waals surface area contributed by atoms with Crippen molar-refractivity contribution in [3.05, 3.63) is 65.7 Å². The molecule has 8 heteroatoms. The van der Waals surface area contributed by atoms with E-state index in [0.717, 1.165) is 0 Å². The Hall–Kier alpha value is -2.32. The number of carbonyl (C=O) groups is 1. The van der Waals surface area contributed by atoms with Crippen LogP contribution in [0.4, 0.5) is 19.6 Å². The summed E-state index contributed by atoms with van der Waals surface area (Å²) in [6.45, 7) is 0. The standard InChI is InChI=1S/C16H11F2N3OS2/c17-11-4-1-3-10(7-11)14(22)9-23-16-21-20-15(24-16)19-13-6-2-5-12(18)8-13/h1-8H,9H2,(H,19,20). The fourth-order valence-electron chi connectivity index (χ4n) is 1.88. The van der Waals surface area contributed by atoms with Crippen LogP contribution in [0, 0.1) is 11.6 Å². The predicted octanol–water partition coefficient (Wildman–Crippen LogP) is 4.53. The van der Waals surface area contributed by atoms with Gasteiger partial charge in [-0.1, -0.05) is 41.3 Å². The number of thioether (sulfide) groups is 1. The molecule has 0 atom stereocenters. The van der Waals surface area contributed by atoms with E-state index in [0.29, 0.717) is 20.7 Å². The molecule has 0 radical (unpaired) electrons. The van der Waals surface area contributed by atoms with Gasteiger partial charge in [-0.25, -0.2) is 8.78 Å². The molecular formula is C16H11F2N3OS2. The lowest BCUT2D eigenvalue weighted by atomic mass is 10.1. The highest BCUT2D eigenvalue weighted by atomic mass is 32.2. The third-order valence-corrected chi connectivity index (χ3v) is 4.93. The molecule has 0 fully saturated rings. The minimum Gasteiger partial charge on any atom is -0.330 e. The van der Waals surface area contributed by atoms with E-state index in [2.05, 4.69) is 15.5 Å². The van der Waals surface area contributed by atoms with Gasteiger partial charge >= 0.3 is 0 Å². The zero-order valence-electron chi connectivity index (χ0n) is 12.2. The normalized spacial score (nSPS) is 10.6. The maximum Gasteiger partial charge on any atom is 0.210 e. The minimum atomic E-state index is -0.441. The van der Waals surface area contributed by atoms with E-state index in [1.54, 1.807) is 18.2 Å². The first-order chi connectivity index (χ1) is 11.6. The van der Waals surface area contributed by atoms with Gasteiger partial charge in [-0.2, -0.15) is 0 Å². The Kier molecular flexibility index (Phi) is 5.17. The lowest BCUT2D eigenvalue weighted by Crippen LogP contribution is -2.02. The zero-order valence-corrected chi connectivity index (χ0v) is 13.8. The summed E-state index contributed by atoms with van der Waals surface area (Å²) in [6.07, 6.45) is 0. The van der Waals surface area contributed by atoms with E-state index >= 15 is 0 Å². The molecule has 0 aliphatic rings. The molecule has 0 spiro atoms. The van der Waals surface area contributed by atoms with Gasteiger partial charge < -0.3 is 5.32 Å². The monoisotopic (exact) mass is 363 g/mol. The van der Waals surface area contributed by atoms with E-state index in [4.69, 9.17) is 0 Å².